The van der Waals surface area contributed by atoms with E-state index in [0.717, 1.165) is 25.7 Å². The lowest BCUT2D eigenvalue weighted by atomic mass is 9.83. The highest BCUT2D eigenvalue weighted by Gasteiger charge is 2.23. The van der Waals surface area contributed by atoms with Gasteiger partial charge in [0.05, 0.1) is 5.75 Å². The van der Waals surface area contributed by atoms with Gasteiger partial charge in [-0.2, -0.15) is 8.42 Å². The Morgan fingerprint density at radius 1 is 1.15 bits per heavy atom. The minimum Gasteiger partial charge on any atom is -0.330 e. The molecule has 0 radical (unpaired) electrons. The molecule has 5 heteroatoms. The van der Waals surface area contributed by atoms with E-state index in [2.05, 4.69) is 0 Å². The minimum absolute atomic E-state index is 0.0791. The third kappa shape index (κ3) is 4.06. The van der Waals surface area contributed by atoms with Crippen LogP contribution in [-0.2, 0) is 10.1 Å². The molecular formula is C8H17NO3S. The second-order valence-corrected chi connectivity index (χ2v) is 5.37. The molecule has 1 aliphatic rings. The van der Waals surface area contributed by atoms with Crippen LogP contribution in [0.2, 0.25) is 0 Å². The van der Waals surface area contributed by atoms with E-state index >= 15 is 0 Å². The molecule has 3 N–H and O–H groups in total. The van der Waals surface area contributed by atoms with Crippen molar-refractivity contribution in [2.75, 3.05) is 12.3 Å². The maximum atomic E-state index is 10.6. The Morgan fingerprint density at radius 2 is 1.62 bits per heavy atom. The highest BCUT2D eigenvalue weighted by atomic mass is 32.2. The van der Waals surface area contributed by atoms with E-state index in [1.807, 2.05) is 0 Å². The molecule has 1 aliphatic carbocycles. The van der Waals surface area contributed by atoms with Crippen LogP contribution in [0.1, 0.15) is 25.7 Å². The molecule has 0 aromatic carbocycles. The normalized spacial score (nSPS) is 30.3. The molecule has 0 aromatic heterocycles. The van der Waals surface area contributed by atoms with Crippen LogP contribution in [0.15, 0.2) is 0 Å². The summed E-state index contributed by atoms with van der Waals surface area (Å²) in [6.45, 7) is 0.693. The Kier molecular flexibility index (Phi) is 3.70. The van der Waals surface area contributed by atoms with Crippen LogP contribution in [-0.4, -0.2) is 25.3 Å². The summed E-state index contributed by atoms with van der Waals surface area (Å²) in [5, 5.41) is 0. The van der Waals surface area contributed by atoms with Gasteiger partial charge >= 0.3 is 0 Å². The quantitative estimate of drug-likeness (QED) is 0.665. The molecule has 0 amide bonds. The molecule has 0 atom stereocenters. The predicted molar refractivity (Wildman–Crippen MR) is 50.9 cm³/mol. The van der Waals surface area contributed by atoms with Gasteiger partial charge in [0.15, 0.2) is 0 Å². The van der Waals surface area contributed by atoms with Crippen molar-refractivity contribution in [3.8, 4) is 0 Å². The number of hydrogen-bond acceptors (Lipinski definition) is 3. The molecule has 0 aliphatic heterocycles. The van der Waals surface area contributed by atoms with Crippen LogP contribution in [0, 0.1) is 11.8 Å². The molecule has 0 saturated heterocycles. The highest BCUT2D eigenvalue weighted by Crippen LogP contribution is 2.28. The van der Waals surface area contributed by atoms with E-state index in [4.69, 9.17) is 10.3 Å². The minimum atomic E-state index is -3.78. The van der Waals surface area contributed by atoms with Gasteiger partial charge in [0, 0.05) is 0 Å². The topological polar surface area (TPSA) is 80.4 Å². The summed E-state index contributed by atoms with van der Waals surface area (Å²) in [5.74, 6) is 0.611. The van der Waals surface area contributed by atoms with E-state index in [-0.39, 0.29) is 11.7 Å². The first-order valence-electron chi connectivity index (χ1n) is 4.66. The van der Waals surface area contributed by atoms with Crippen molar-refractivity contribution < 1.29 is 13.0 Å². The highest BCUT2D eigenvalue weighted by molar-refractivity contribution is 7.85. The molecule has 0 bridgehead atoms. The Bertz CT molecular complexity index is 242. The largest absolute Gasteiger partial charge is 0.330 e. The molecule has 4 nitrogen and oxygen atoms in total. The first-order valence-corrected chi connectivity index (χ1v) is 6.27. The van der Waals surface area contributed by atoms with E-state index in [1.165, 1.54) is 0 Å². The summed E-state index contributed by atoms with van der Waals surface area (Å²) in [7, 11) is -3.78. The van der Waals surface area contributed by atoms with Gasteiger partial charge in [0.2, 0.25) is 0 Å². The first kappa shape index (κ1) is 10.9. The first-order chi connectivity index (χ1) is 6.01. The SMILES string of the molecule is NCC1CCC(CS(=O)(=O)O)CC1. The standard InChI is InChI=1S/C8H17NO3S/c9-5-7-1-3-8(4-2-7)6-13(10,11)12/h7-8H,1-6,9H2,(H,10,11,12). The maximum Gasteiger partial charge on any atom is 0.265 e. The van der Waals surface area contributed by atoms with E-state index in [9.17, 15) is 8.42 Å². The second kappa shape index (κ2) is 4.39. The fourth-order valence-corrected chi connectivity index (χ4v) is 2.86. The molecule has 1 fully saturated rings. The Hall–Kier alpha value is -0.130. The molecule has 0 aromatic rings. The predicted octanol–water partition coefficient (Wildman–Crippen LogP) is 0.639. The summed E-state index contributed by atoms with van der Waals surface area (Å²) in [6.07, 6.45) is 3.75. The van der Waals surface area contributed by atoms with Crippen LogP contribution in [0.5, 0.6) is 0 Å². The van der Waals surface area contributed by atoms with Gasteiger partial charge in [0.25, 0.3) is 10.1 Å². The van der Waals surface area contributed by atoms with Crippen molar-refractivity contribution in [2.45, 2.75) is 25.7 Å². The van der Waals surface area contributed by atoms with E-state index in [1.54, 1.807) is 0 Å². The third-order valence-corrected chi connectivity index (χ3v) is 3.64. The number of hydrogen-bond donors (Lipinski definition) is 2. The number of rotatable bonds is 3. The van der Waals surface area contributed by atoms with Crippen LogP contribution in [0.25, 0.3) is 0 Å². The Morgan fingerprint density at radius 3 is 2.00 bits per heavy atom. The zero-order chi connectivity index (χ0) is 9.90. The van der Waals surface area contributed by atoms with Gasteiger partial charge in [0.1, 0.15) is 0 Å². The van der Waals surface area contributed by atoms with Gasteiger partial charge < -0.3 is 5.73 Å². The van der Waals surface area contributed by atoms with Crippen LogP contribution in [0.4, 0.5) is 0 Å². The molecule has 1 rings (SSSR count). The van der Waals surface area contributed by atoms with Crippen molar-refractivity contribution in [2.24, 2.45) is 17.6 Å². The fourth-order valence-electron chi connectivity index (χ4n) is 1.93. The molecule has 1 saturated carbocycles. The molecule has 0 unspecified atom stereocenters. The van der Waals surface area contributed by atoms with Crippen molar-refractivity contribution >= 4 is 10.1 Å². The van der Waals surface area contributed by atoms with Crippen LogP contribution >= 0.6 is 0 Å². The summed E-state index contributed by atoms with van der Waals surface area (Å²) in [5.41, 5.74) is 5.51. The summed E-state index contributed by atoms with van der Waals surface area (Å²) in [4.78, 5) is 0. The van der Waals surface area contributed by atoms with Gasteiger partial charge in [-0.25, -0.2) is 0 Å². The van der Waals surface area contributed by atoms with Gasteiger partial charge in [-0.15, -0.1) is 0 Å². The lowest BCUT2D eigenvalue weighted by molar-refractivity contribution is 0.293. The van der Waals surface area contributed by atoms with Gasteiger partial charge in [-0.3, -0.25) is 4.55 Å². The van der Waals surface area contributed by atoms with Gasteiger partial charge in [-0.05, 0) is 44.1 Å². The van der Waals surface area contributed by atoms with E-state index in [0.29, 0.717) is 12.5 Å². The summed E-state index contributed by atoms with van der Waals surface area (Å²) in [6, 6.07) is 0. The molecular weight excluding hydrogens is 190 g/mol. The molecule has 78 valence electrons. The molecule has 13 heavy (non-hydrogen) atoms. The zero-order valence-corrected chi connectivity index (χ0v) is 8.46. The second-order valence-electron chi connectivity index (χ2n) is 3.87. The molecule has 0 spiro atoms. The van der Waals surface area contributed by atoms with Crippen molar-refractivity contribution in [3.63, 3.8) is 0 Å². The Balaban J connectivity index is 2.33. The van der Waals surface area contributed by atoms with Gasteiger partial charge in [-0.1, -0.05) is 0 Å². The average molecular weight is 207 g/mol. The maximum absolute atomic E-state index is 10.6. The smallest absolute Gasteiger partial charge is 0.265 e. The summed E-state index contributed by atoms with van der Waals surface area (Å²) >= 11 is 0. The fraction of sp³-hybridized carbons (Fsp3) is 1.00. The monoisotopic (exact) mass is 207 g/mol. The Labute approximate surface area is 79.3 Å². The lowest BCUT2D eigenvalue weighted by Gasteiger charge is -2.26. The zero-order valence-electron chi connectivity index (χ0n) is 7.65. The van der Waals surface area contributed by atoms with Crippen LogP contribution in [0.3, 0.4) is 0 Å². The van der Waals surface area contributed by atoms with E-state index < -0.39 is 10.1 Å². The van der Waals surface area contributed by atoms with Crippen molar-refractivity contribution in [1.82, 2.24) is 0 Å². The lowest BCUT2D eigenvalue weighted by Crippen LogP contribution is -2.25. The number of nitrogens with two attached hydrogens (primary N) is 1. The molecule has 0 heterocycles. The van der Waals surface area contributed by atoms with Crippen molar-refractivity contribution in [1.29, 1.82) is 0 Å². The summed E-state index contributed by atoms with van der Waals surface area (Å²) < 4.78 is 29.8. The van der Waals surface area contributed by atoms with Crippen molar-refractivity contribution in [3.05, 3.63) is 0 Å². The average Bonchev–Trinajstić information content (AvgIpc) is 2.03. The van der Waals surface area contributed by atoms with Crippen LogP contribution < -0.4 is 5.73 Å². The third-order valence-electron chi connectivity index (χ3n) is 2.75.